The Kier molecular flexibility index (Phi) is 8.69. The summed E-state index contributed by atoms with van der Waals surface area (Å²) in [6.45, 7) is 2.10. The molecule has 2 aromatic rings. The summed E-state index contributed by atoms with van der Waals surface area (Å²) in [5.74, 6) is -2.90. The highest BCUT2D eigenvalue weighted by molar-refractivity contribution is 5.34. The second-order valence-corrected chi connectivity index (χ2v) is 8.30. The molecule has 0 amide bonds. The summed E-state index contributed by atoms with van der Waals surface area (Å²) in [6, 6.07) is 6.17. The Hall–Kier alpha value is -2.90. The lowest BCUT2D eigenvalue weighted by Gasteiger charge is -2.28. The average molecular weight is 484 g/mol. The number of ether oxygens (including phenoxy) is 2. The van der Waals surface area contributed by atoms with Crippen LogP contribution in [0.3, 0.4) is 0 Å². The number of unbranched alkanes of at least 4 members (excludes halogenated alkanes) is 1. The number of halogens is 6. The van der Waals surface area contributed by atoms with E-state index >= 15 is 0 Å². The van der Waals surface area contributed by atoms with E-state index in [1.807, 2.05) is 0 Å². The Balaban J connectivity index is 1.69. The molecule has 1 fully saturated rings. The van der Waals surface area contributed by atoms with Crippen LogP contribution in [-0.2, 0) is 6.11 Å². The highest BCUT2D eigenvalue weighted by atomic mass is 19.3. The summed E-state index contributed by atoms with van der Waals surface area (Å²) in [7, 11) is 0. The lowest BCUT2D eigenvalue weighted by atomic mass is 9.78. The maximum absolute atomic E-state index is 14.7. The molecule has 1 aliphatic carbocycles. The van der Waals surface area contributed by atoms with Crippen molar-refractivity contribution in [1.82, 2.24) is 0 Å². The molecule has 2 aromatic carbocycles. The molecule has 0 radical (unpaired) electrons. The van der Waals surface area contributed by atoms with Gasteiger partial charge < -0.3 is 9.47 Å². The summed E-state index contributed by atoms with van der Waals surface area (Å²) in [5, 5.41) is 0. The molecule has 0 atom stereocenters. The van der Waals surface area contributed by atoms with Gasteiger partial charge in [0.25, 0.3) is 0 Å². The lowest BCUT2D eigenvalue weighted by Crippen LogP contribution is -2.25. The smallest absolute Gasteiger partial charge is 0.432 e. The molecule has 34 heavy (non-hydrogen) atoms. The molecule has 0 heterocycles. The van der Waals surface area contributed by atoms with Gasteiger partial charge in [-0.05, 0) is 85.9 Å². The predicted molar refractivity (Wildman–Crippen MR) is 117 cm³/mol. The monoisotopic (exact) mass is 484 g/mol. The normalized spacial score (nSPS) is 18.7. The summed E-state index contributed by atoms with van der Waals surface area (Å²) in [6.07, 6.45) is 3.47. The van der Waals surface area contributed by atoms with Crippen molar-refractivity contribution in [2.45, 2.75) is 57.5 Å². The third kappa shape index (κ3) is 6.81. The fraction of sp³-hybridized carbons (Fsp3) is 0.385. The van der Waals surface area contributed by atoms with E-state index in [2.05, 4.69) is 28.5 Å². The molecule has 0 bridgehead atoms. The van der Waals surface area contributed by atoms with Crippen molar-refractivity contribution in [3.05, 3.63) is 83.7 Å². The van der Waals surface area contributed by atoms with Gasteiger partial charge in [0.2, 0.25) is 0 Å². The molecule has 0 aliphatic heterocycles. The van der Waals surface area contributed by atoms with Gasteiger partial charge in [-0.2, -0.15) is 17.6 Å². The maximum atomic E-state index is 14.7. The van der Waals surface area contributed by atoms with E-state index in [1.54, 1.807) is 0 Å². The Morgan fingerprint density at radius 2 is 1.56 bits per heavy atom. The molecule has 0 N–H and O–H groups in total. The van der Waals surface area contributed by atoms with Gasteiger partial charge in [0.15, 0.2) is 6.26 Å². The Morgan fingerprint density at radius 3 is 2.12 bits per heavy atom. The minimum absolute atomic E-state index is 0.0549. The minimum atomic E-state index is -4.29. The molecule has 1 aliphatic rings. The van der Waals surface area contributed by atoms with E-state index in [9.17, 15) is 26.3 Å². The van der Waals surface area contributed by atoms with E-state index < -0.39 is 35.1 Å². The molecule has 2 nitrogen and oxygen atoms in total. The van der Waals surface area contributed by atoms with Crippen LogP contribution in [0.1, 0.15) is 62.5 Å². The molecule has 0 saturated heterocycles. The van der Waals surface area contributed by atoms with Gasteiger partial charge in [0.1, 0.15) is 28.7 Å². The van der Waals surface area contributed by atoms with Crippen molar-refractivity contribution >= 4 is 0 Å². The maximum Gasteiger partial charge on any atom is 0.432 e. The fourth-order valence-electron chi connectivity index (χ4n) is 4.10. The highest BCUT2D eigenvalue weighted by Crippen LogP contribution is 2.40. The zero-order chi connectivity index (χ0) is 24.7. The van der Waals surface area contributed by atoms with Gasteiger partial charge in [-0.3, -0.25) is 0 Å². The first-order valence-corrected chi connectivity index (χ1v) is 11.2. The summed E-state index contributed by atoms with van der Waals surface area (Å²) in [4.78, 5) is 0. The summed E-state index contributed by atoms with van der Waals surface area (Å²) >= 11 is 0. The highest BCUT2D eigenvalue weighted by Gasteiger charge is 2.41. The van der Waals surface area contributed by atoms with Crippen molar-refractivity contribution in [1.29, 1.82) is 0 Å². The molecule has 0 spiro atoms. The molecule has 0 aromatic heterocycles. The van der Waals surface area contributed by atoms with Crippen LogP contribution in [0.4, 0.5) is 26.3 Å². The molecule has 0 unspecified atom stereocenters. The van der Waals surface area contributed by atoms with Crippen molar-refractivity contribution in [2.24, 2.45) is 5.92 Å². The largest absolute Gasteiger partial charge is 0.459 e. The van der Waals surface area contributed by atoms with E-state index in [0.29, 0.717) is 11.5 Å². The molecule has 184 valence electrons. The zero-order valence-electron chi connectivity index (χ0n) is 18.7. The number of hydrogen-bond donors (Lipinski definition) is 0. The standard InChI is InChI=1S/C26H26F6O2/c1-2-3-4-5-17-6-8-18(9-7-17)19-14-22(27)25(23(28)15-19)26(31,32)34-21-12-10-20(11-13-21)33-16-24(29)30/h4-5,10-18H,2-3,6-9H2,1H3/b5-4+. The van der Waals surface area contributed by atoms with Crippen LogP contribution < -0.4 is 9.47 Å². The van der Waals surface area contributed by atoms with Crippen LogP contribution in [0.5, 0.6) is 11.5 Å². The van der Waals surface area contributed by atoms with Gasteiger partial charge >= 0.3 is 12.2 Å². The molecule has 1 saturated carbocycles. The third-order valence-corrected chi connectivity index (χ3v) is 5.82. The molecular formula is C26H26F6O2. The third-order valence-electron chi connectivity index (χ3n) is 5.82. The number of rotatable bonds is 9. The van der Waals surface area contributed by atoms with Crippen LogP contribution in [0.25, 0.3) is 0 Å². The van der Waals surface area contributed by atoms with Gasteiger partial charge in [-0.15, -0.1) is 0 Å². The summed E-state index contributed by atoms with van der Waals surface area (Å²) < 4.78 is 91.9. The van der Waals surface area contributed by atoms with Crippen LogP contribution in [-0.4, -0.2) is 0 Å². The Labute approximate surface area is 194 Å². The van der Waals surface area contributed by atoms with Crippen molar-refractivity contribution in [3.8, 4) is 11.5 Å². The SMILES string of the molecule is CCC/C=C/C1CCC(c2cc(F)c(C(F)(F)Oc3ccc(OC=C(F)F)cc3)c(F)c2)CC1. The predicted octanol–water partition coefficient (Wildman–Crippen LogP) is 8.84. The topological polar surface area (TPSA) is 18.5 Å². The van der Waals surface area contributed by atoms with E-state index in [4.69, 9.17) is 0 Å². The van der Waals surface area contributed by atoms with Crippen molar-refractivity contribution < 1.29 is 35.8 Å². The van der Waals surface area contributed by atoms with Gasteiger partial charge in [0, 0.05) is 0 Å². The van der Waals surface area contributed by atoms with Gasteiger partial charge in [0.05, 0.1) is 0 Å². The number of hydrogen-bond acceptors (Lipinski definition) is 2. The van der Waals surface area contributed by atoms with Gasteiger partial charge in [-0.25, -0.2) is 8.78 Å². The fourth-order valence-corrected chi connectivity index (χ4v) is 4.10. The zero-order valence-corrected chi connectivity index (χ0v) is 18.7. The van der Waals surface area contributed by atoms with Crippen LogP contribution in [0, 0.1) is 17.6 Å². The number of alkyl halides is 2. The molecule has 8 heteroatoms. The van der Waals surface area contributed by atoms with Crippen LogP contribution in [0.2, 0.25) is 0 Å². The molecular weight excluding hydrogens is 458 g/mol. The van der Waals surface area contributed by atoms with E-state index in [0.717, 1.165) is 74.9 Å². The second kappa shape index (κ2) is 11.5. The summed E-state index contributed by atoms with van der Waals surface area (Å²) in [5.41, 5.74) is -1.12. The molecule has 3 rings (SSSR count). The van der Waals surface area contributed by atoms with E-state index in [1.165, 1.54) is 0 Å². The Morgan fingerprint density at radius 1 is 0.971 bits per heavy atom. The van der Waals surface area contributed by atoms with Crippen LogP contribution in [0.15, 0.2) is 60.9 Å². The Bertz CT molecular complexity index is 981. The van der Waals surface area contributed by atoms with E-state index in [-0.39, 0.29) is 17.9 Å². The van der Waals surface area contributed by atoms with Crippen molar-refractivity contribution in [2.75, 3.05) is 0 Å². The van der Waals surface area contributed by atoms with Crippen LogP contribution >= 0.6 is 0 Å². The number of allylic oxidation sites excluding steroid dienone is 2. The van der Waals surface area contributed by atoms with Gasteiger partial charge in [-0.1, -0.05) is 25.5 Å². The second-order valence-electron chi connectivity index (χ2n) is 8.30. The number of benzene rings is 2. The lowest BCUT2D eigenvalue weighted by molar-refractivity contribution is -0.189. The first kappa shape index (κ1) is 25.7. The first-order chi connectivity index (χ1) is 16.2. The average Bonchev–Trinajstić information content (AvgIpc) is 2.78. The quantitative estimate of drug-likeness (QED) is 0.201. The first-order valence-electron chi connectivity index (χ1n) is 11.2. The van der Waals surface area contributed by atoms with Crippen molar-refractivity contribution in [3.63, 3.8) is 0 Å². The minimum Gasteiger partial charge on any atom is -0.459 e.